The number of anilines is 1. The average Bonchev–Trinajstić information content (AvgIpc) is 2.76. The van der Waals surface area contributed by atoms with E-state index >= 15 is 0 Å². The molecule has 1 aromatic heterocycles. The number of nitrogens with two attached hydrogens (primary N) is 1. The zero-order chi connectivity index (χ0) is 11.0. The fraction of sp³-hybridized carbons (Fsp3) is 0.0909. The summed E-state index contributed by atoms with van der Waals surface area (Å²) in [5.41, 5.74) is 7.28. The fourth-order valence-electron chi connectivity index (χ4n) is 1.62. The zero-order valence-electron chi connectivity index (χ0n) is 8.38. The van der Waals surface area contributed by atoms with E-state index in [4.69, 9.17) is 15.2 Å². The lowest BCUT2D eigenvalue weighted by Gasteiger charge is -2.04. The molecular weight excluding hydrogens is 206 g/mol. The molecule has 5 nitrogen and oxygen atoms in total. The first-order chi connectivity index (χ1) is 7.84. The van der Waals surface area contributed by atoms with E-state index in [-0.39, 0.29) is 6.79 Å². The van der Waals surface area contributed by atoms with Crippen LogP contribution in [0.1, 0.15) is 0 Å². The Hall–Kier alpha value is -2.30. The molecule has 1 aromatic carbocycles. The van der Waals surface area contributed by atoms with Crippen molar-refractivity contribution in [3.05, 3.63) is 30.6 Å². The molecule has 2 heterocycles. The average molecular weight is 215 g/mol. The van der Waals surface area contributed by atoms with Crippen LogP contribution in [0.3, 0.4) is 0 Å². The molecule has 16 heavy (non-hydrogen) atoms. The standard InChI is InChI=1S/C11H9N3O2/c12-11-10(13-3-4-14-11)7-1-2-8-9(5-7)16-6-15-8/h1-5H,6H2,(H2,12,14). The summed E-state index contributed by atoms with van der Waals surface area (Å²) in [4.78, 5) is 8.18. The predicted octanol–water partition coefficient (Wildman–Crippen LogP) is 1.45. The number of aromatic nitrogens is 2. The minimum absolute atomic E-state index is 0.259. The summed E-state index contributed by atoms with van der Waals surface area (Å²) >= 11 is 0. The van der Waals surface area contributed by atoms with Crippen LogP contribution in [0, 0.1) is 0 Å². The zero-order valence-corrected chi connectivity index (χ0v) is 8.38. The number of nitrogen functional groups attached to an aromatic ring is 1. The van der Waals surface area contributed by atoms with Gasteiger partial charge in [0.15, 0.2) is 11.5 Å². The number of hydrogen-bond acceptors (Lipinski definition) is 5. The lowest BCUT2D eigenvalue weighted by Crippen LogP contribution is -1.95. The summed E-state index contributed by atoms with van der Waals surface area (Å²) in [5, 5.41) is 0. The largest absolute Gasteiger partial charge is 0.454 e. The molecular formula is C11H9N3O2. The summed E-state index contributed by atoms with van der Waals surface area (Å²) in [5.74, 6) is 1.86. The molecule has 2 aromatic rings. The summed E-state index contributed by atoms with van der Waals surface area (Å²) < 4.78 is 10.5. The topological polar surface area (TPSA) is 70.3 Å². The Morgan fingerprint density at radius 1 is 1.06 bits per heavy atom. The second-order valence-corrected chi connectivity index (χ2v) is 3.36. The minimum Gasteiger partial charge on any atom is -0.454 e. The highest BCUT2D eigenvalue weighted by Gasteiger charge is 2.15. The normalized spacial score (nSPS) is 12.8. The fourth-order valence-corrected chi connectivity index (χ4v) is 1.62. The lowest BCUT2D eigenvalue weighted by molar-refractivity contribution is 0.174. The Bertz CT molecular complexity index is 543. The van der Waals surface area contributed by atoms with Gasteiger partial charge in [0.05, 0.1) is 0 Å². The second kappa shape index (κ2) is 3.37. The number of rotatable bonds is 1. The van der Waals surface area contributed by atoms with Crippen LogP contribution in [-0.4, -0.2) is 16.8 Å². The number of fused-ring (bicyclic) bond motifs is 1. The van der Waals surface area contributed by atoms with Crippen molar-refractivity contribution in [3.63, 3.8) is 0 Å². The Balaban J connectivity index is 2.11. The molecule has 0 aliphatic carbocycles. The van der Waals surface area contributed by atoms with Crippen LogP contribution in [0.25, 0.3) is 11.3 Å². The maximum atomic E-state index is 5.75. The van der Waals surface area contributed by atoms with Crippen molar-refractivity contribution in [1.29, 1.82) is 0 Å². The third-order valence-corrected chi connectivity index (χ3v) is 2.37. The molecule has 0 radical (unpaired) electrons. The Morgan fingerprint density at radius 2 is 1.88 bits per heavy atom. The van der Waals surface area contributed by atoms with Crippen LogP contribution in [0.15, 0.2) is 30.6 Å². The molecule has 80 valence electrons. The highest BCUT2D eigenvalue weighted by Crippen LogP contribution is 2.36. The molecule has 0 saturated carbocycles. The van der Waals surface area contributed by atoms with Gasteiger partial charge in [-0.25, -0.2) is 4.98 Å². The SMILES string of the molecule is Nc1nccnc1-c1ccc2c(c1)OCO2. The van der Waals surface area contributed by atoms with Gasteiger partial charge in [-0.15, -0.1) is 0 Å². The Kier molecular flexibility index (Phi) is 1.89. The van der Waals surface area contributed by atoms with Gasteiger partial charge in [0.1, 0.15) is 11.5 Å². The molecule has 3 rings (SSSR count). The van der Waals surface area contributed by atoms with Gasteiger partial charge in [0.2, 0.25) is 6.79 Å². The Morgan fingerprint density at radius 3 is 2.75 bits per heavy atom. The van der Waals surface area contributed by atoms with Crippen molar-refractivity contribution >= 4 is 5.82 Å². The first kappa shape index (κ1) is 8.96. The molecule has 0 fully saturated rings. The van der Waals surface area contributed by atoms with Gasteiger partial charge < -0.3 is 15.2 Å². The second-order valence-electron chi connectivity index (χ2n) is 3.36. The number of ether oxygens (including phenoxy) is 2. The summed E-state index contributed by atoms with van der Waals surface area (Å²) in [6.45, 7) is 0.259. The van der Waals surface area contributed by atoms with Crippen molar-refractivity contribution in [1.82, 2.24) is 9.97 Å². The van der Waals surface area contributed by atoms with E-state index in [1.54, 1.807) is 12.4 Å². The molecule has 0 bridgehead atoms. The van der Waals surface area contributed by atoms with Crippen LogP contribution in [0.2, 0.25) is 0 Å². The van der Waals surface area contributed by atoms with Gasteiger partial charge in [-0.2, -0.15) is 0 Å². The van der Waals surface area contributed by atoms with Gasteiger partial charge in [-0.1, -0.05) is 0 Å². The monoisotopic (exact) mass is 215 g/mol. The number of nitrogens with zero attached hydrogens (tertiary/aromatic N) is 2. The molecule has 0 spiro atoms. The molecule has 1 aliphatic heterocycles. The van der Waals surface area contributed by atoms with E-state index in [2.05, 4.69) is 9.97 Å². The Labute approximate surface area is 91.9 Å². The van der Waals surface area contributed by atoms with Crippen LogP contribution in [0.4, 0.5) is 5.82 Å². The lowest BCUT2D eigenvalue weighted by atomic mass is 10.1. The number of benzene rings is 1. The van der Waals surface area contributed by atoms with E-state index in [1.807, 2.05) is 18.2 Å². The van der Waals surface area contributed by atoms with Crippen molar-refractivity contribution in [2.45, 2.75) is 0 Å². The summed E-state index contributed by atoms with van der Waals surface area (Å²) in [6.07, 6.45) is 3.17. The predicted molar refractivity (Wildman–Crippen MR) is 58.0 cm³/mol. The van der Waals surface area contributed by atoms with Gasteiger partial charge in [0, 0.05) is 18.0 Å². The van der Waals surface area contributed by atoms with Crippen molar-refractivity contribution in [3.8, 4) is 22.8 Å². The van der Waals surface area contributed by atoms with Crippen molar-refractivity contribution < 1.29 is 9.47 Å². The number of hydrogen-bond donors (Lipinski definition) is 1. The van der Waals surface area contributed by atoms with Crippen molar-refractivity contribution in [2.24, 2.45) is 0 Å². The van der Waals surface area contributed by atoms with Gasteiger partial charge in [-0.05, 0) is 18.2 Å². The first-order valence-electron chi connectivity index (χ1n) is 4.81. The molecule has 2 N–H and O–H groups in total. The summed E-state index contributed by atoms with van der Waals surface area (Å²) in [6, 6.07) is 5.57. The van der Waals surface area contributed by atoms with Crippen LogP contribution in [-0.2, 0) is 0 Å². The van der Waals surface area contributed by atoms with Gasteiger partial charge in [0.25, 0.3) is 0 Å². The molecule has 1 aliphatic rings. The molecule has 0 amide bonds. The van der Waals surface area contributed by atoms with E-state index in [9.17, 15) is 0 Å². The van der Waals surface area contributed by atoms with Gasteiger partial charge in [-0.3, -0.25) is 4.98 Å². The summed E-state index contributed by atoms with van der Waals surface area (Å²) in [7, 11) is 0. The van der Waals surface area contributed by atoms with Crippen molar-refractivity contribution in [2.75, 3.05) is 12.5 Å². The van der Waals surface area contributed by atoms with E-state index < -0.39 is 0 Å². The smallest absolute Gasteiger partial charge is 0.231 e. The van der Waals surface area contributed by atoms with E-state index in [0.717, 1.165) is 11.3 Å². The van der Waals surface area contributed by atoms with Crippen LogP contribution in [0.5, 0.6) is 11.5 Å². The maximum absolute atomic E-state index is 5.75. The van der Waals surface area contributed by atoms with Gasteiger partial charge >= 0.3 is 0 Å². The quantitative estimate of drug-likeness (QED) is 0.779. The highest BCUT2D eigenvalue weighted by atomic mass is 16.7. The molecule has 0 atom stereocenters. The molecule has 5 heteroatoms. The van der Waals surface area contributed by atoms with E-state index in [0.29, 0.717) is 17.3 Å². The third kappa shape index (κ3) is 1.33. The van der Waals surface area contributed by atoms with Crippen LogP contribution < -0.4 is 15.2 Å². The van der Waals surface area contributed by atoms with E-state index in [1.165, 1.54) is 0 Å². The molecule has 0 saturated heterocycles. The maximum Gasteiger partial charge on any atom is 0.231 e. The molecule has 0 unspecified atom stereocenters. The third-order valence-electron chi connectivity index (χ3n) is 2.37. The highest BCUT2D eigenvalue weighted by molar-refractivity contribution is 5.72. The van der Waals surface area contributed by atoms with Crippen LogP contribution >= 0.6 is 0 Å². The first-order valence-corrected chi connectivity index (χ1v) is 4.81. The minimum atomic E-state index is 0.259.